The van der Waals surface area contributed by atoms with Gasteiger partial charge in [-0.3, -0.25) is 14.7 Å². The zero-order valence-electron chi connectivity index (χ0n) is 13.8. The monoisotopic (exact) mass is 306 g/mol. The molecule has 0 rings (SSSR count). The van der Waals surface area contributed by atoms with E-state index in [2.05, 4.69) is 11.6 Å². The molecule has 0 radical (unpaired) electrons. The largest absolute Gasteiger partial charge is 1.00 e. The van der Waals surface area contributed by atoms with Crippen LogP contribution in [0, 0.1) is 0 Å². The van der Waals surface area contributed by atoms with Crippen molar-refractivity contribution in [2.75, 3.05) is 19.8 Å². The van der Waals surface area contributed by atoms with Gasteiger partial charge >= 0.3 is 24.8 Å². The molecule has 0 aromatic carbocycles. The van der Waals surface area contributed by atoms with E-state index in [1.165, 1.54) is 0 Å². The van der Waals surface area contributed by atoms with Crippen molar-refractivity contribution >= 4 is 11.9 Å². The van der Waals surface area contributed by atoms with Gasteiger partial charge in [0.2, 0.25) is 0 Å². The van der Waals surface area contributed by atoms with Gasteiger partial charge in [0.15, 0.2) is 0 Å². The van der Waals surface area contributed by atoms with Crippen LogP contribution in [0.5, 0.6) is 0 Å². The number of aliphatic carboxylic acids is 1. The predicted molar refractivity (Wildman–Crippen MR) is 81.1 cm³/mol. The van der Waals surface area contributed by atoms with Crippen LogP contribution in [0.2, 0.25) is 0 Å². The average molecular weight is 306 g/mol. The van der Waals surface area contributed by atoms with Crippen molar-refractivity contribution in [3.05, 3.63) is 12.7 Å². The molecule has 1 atom stereocenters. The van der Waals surface area contributed by atoms with Gasteiger partial charge in [0.1, 0.15) is 0 Å². The van der Waals surface area contributed by atoms with Crippen molar-refractivity contribution in [3.63, 3.8) is 0 Å². The number of hydrogen-bond donors (Lipinski definition) is 2. The number of carboxylic acid groups (broad SMARTS) is 1. The molecule has 1 unspecified atom stereocenters. The molecule has 0 amide bonds. The van der Waals surface area contributed by atoms with Crippen molar-refractivity contribution in [1.29, 1.82) is 0 Å². The third kappa shape index (κ3) is 15.6. The van der Waals surface area contributed by atoms with Gasteiger partial charge in [-0.2, -0.15) is 0 Å². The average Bonchev–Trinajstić information content (AvgIpc) is 2.41. The van der Waals surface area contributed by atoms with Crippen LogP contribution in [-0.2, 0) is 4.79 Å². The molecule has 0 aliphatic rings. The quantitative estimate of drug-likeness (QED) is 0.135. The third-order valence-corrected chi connectivity index (χ3v) is 2.91. The molecule has 0 heterocycles. The van der Waals surface area contributed by atoms with Gasteiger partial charge in [-0.15, -0.1) is 6.58 Å². The van der Waals surface area contributed by atoms with Crippen LogP contribution in [-0.4, -0.2) is 52.8 Å². The van der Waals surface area contributed by atoms with Crippen LogP contribution in [0.1, 0.15) is 45.4 Å². The molecule has 7 heteroatoms. The Morgan fingerprint density at radius 3 is 2.59 bits per heavy atom. The van der Waals surface area contributed by atoms with Gasteiger partial charge in [-0.1, -0.05) is 12.5 Å². The van der Waals surface area contributed by atoms with E-state index >= 15 is 0 Å². The molecule has 22 heavy (non-hydrogen) atoms. The molecule has 6 nitrogen and oxygen atoms in total. The fourth-order valence-electron chi connectivity index (χ4n) is 1.85. The van der Waals surface area contributed by atoms with Crippen LogP contribution >= 0.6 is 0 Å². The maximum Gasteiger partial charge on any atom is 1.00 e. The summed E-state index contributed by atoms with van der Waals surface area (Å²) >= 11 is 0. The first-order valence-corrected chi connectivity index (χ1v) is 7.39. The third-order valence-electron chi connectivity index (χ3n) is 2.91. The van der Waals surface area contributed by atoms with Crippen molar-refractivity contribution in [2.45, 2.75) is 51.6 Å². The molecular formula is C15H27LiN2O4. The summed E-state index contributed by atoms with van der Waals surface area (Å²) in [4.78, 5) is 16.2. The molecule has 0 bridgehead atoms. The molecule has 0 aliphatic carbocycles. The van der Waals surface area contributed by atoms with E-state index in [0.717, 1.165) is 25.7 Å². The van der Waals surface area contributed by atoms with Crippen LogP contribution in [0.4, 0.5) is 0 Å². The first-order chi connectivity index (χ1) is 9.95. The maximum atomic E-state index is 11.6. The maximum absolute atomic E-state index is 11.6. The Morgan fingerprint density at radius 1 is 1.36 bits per heavy atom. The second kappa shape index (κ2) is 15.1. The fourth-order valence-corrected chi connectivity index (χ4v) is 1.85. The first kappa shape index (κ1) is 23.5. The van der Waals surface area contributed by atoms with E-state index in [9.17, 15) is 15.0 Å². The Bertz CT molecular complexity index is 336. The smallest absolute Gasteiger partial charge is 0.862 e. The Balaban J connectivity index is 0. The number of aliphatic imine (C=N–C) groups is 1. The van der Waals surface area contributed by atoms with E-state index < -0.39 is 12.1 Å². The molecule has 0 aromatic rings. The number of carbonyl (C=O) groups is 1. The standard InChI is InChI=1S/C15H28N2O4.Li/c1-3-4-5-6-7-8-14(19)16-12-17(11-13(2)18)10-9-15(20)21;/h3,13,18H,1,4-12H2,2H3,(H,16,19)(H,20,21);/q;+1/p-1. The van der Waals surface area contributed by atoms with Gasteiger partial charge in [-0.25, -0.2) is 0 Å². The Kier molecular flexibility index (Phi) is 16.1. The van der Waals surface area contributed by atoms with Crippen LogP contribution < -0.4 is 24.0 Å². The second-order valence-electron chi connectivity index (χ2n) is 5.15. The zero-order valence-corrected chi connectivity index (χ0v) is 13.8. The number of aliphatic hydroxyl groups excluding tert-OH is 1. The summed E-state index contributed by atoms with van der Waals surface area (Å²) in [6.07, 6.45) is 5.44. The van der Waals surface area contributed by atoms with Gasteiger partial charge in [0.25, 0.3) is 0 Å². The van der Waals surface area contributed by atoms with E-state index in [1.807, 2.05) is 6.08 Å². The summed E-state index contributed by atoms with van der Waals surface area (Å²) in [6.45, 7) is 5.99. The number of carboxylic acids is 1. The number of allylic oxidation sites excluding steroid dienone is 1. The van der Waals surface area contributed by atoms with E-state index in [4.69, 9.17) is 5.11 Å². The fraction of sp³-hybridized carbons (Fsp3) is 0.733. The summed E-state index contributed by atoms with van der Waals surface area (Å²) in [5.41, 5.74) is 0. The molecule has 0 aromatic heterocycles. The predicted octanol–water partition coefficient (Wildman–Crippen LogP) is -2.00. The molecule has 0 fully saturated rings. The number of hydrogen-bond acceptors (Lipinski definition) is 5. The first-order valence-electron chi connectivity index (χ1n) is 7.39. The van der Waals surface area contributed by atoms with Gasteiger partial charge in [0, 0.05) is 13.1 Å². The Labute approximate surface area is 145 Å². The Hall–Kier alpha value is -0.803. The SMILES string of the molecule is C=CCCCCCC([O-])=NCN(CCC(=O)O)CC(C)O.[Li+]. The summed E-state index contributed by atoms with van der Waals surface area (Å²) in [7, 11) is 0. The zero-order chi connectivity index (χ0) is 16.1. The van der Waals surface area contributed by atoms with Gasteiger partial charge in [0.05, 0.1) is 19.2 Å². The second-order valence-corrected chi connectivity index (χ2v) is 5.15. The number of nitrogens with zero attached hydrogens (tertiary/aromatic N) is 2. The number of aliphatic hydroxyl groups is 1. The summed E-state index contributed by atoms with van der Waals surface area (Å²) in [5, 5.41) is 29.6. The molecule has 122 valence electrons. The van der Waals surface area contributed by atoms with Crippen molar-refractivity contribution in [3.8, 4) is 0 Å². The van der Waals surface area contributed by atoms with Gasteiger partial charge < -0.3 is 15.3 Å². The topological polar surface area (TPSA) is 96.2 Å². The molecule has 0 spiro atoms. The van der Waals surface area contributed by atoms with Crippen molar-refractivity contribution < 1.29 is 39.0 Å². The summed E-state index contributed by atoms with van der Waals surface area (Å²) < 4.78 is 0. The molecule has 0 saturated heterocycles. The minimum absolute atomic E-state index is 0. The van der Waals surface area contributed by atoms with Crippen LogP contribution in [0.15, 0.2) is 17.6 Å². The van der Waals surface area contributed by atoms with Crippen LogP contribution in [0.25, 0.3) is 0 Å². The van der Waals surface area contributed by atoms with Crippen LogP contribution in [0.3, 0.4) is 0 Å². The Morgan fingerprint density at radius 2 is 2.05 bits per heavy atom. The normalized spacial score (nSPS) is 12.8. The van der Waals surface area contributed by atoms with E-state index in [1.54, 1.807) is 11.8 Å². The van der Waals surface area contributed by atoms with Crippen molar-refractivity contribution in [1.82, 2.24) is 4.90 Å². The van der Waals surface area contributed by atoms with E-state index in [0.29, 0.717) is 13.0 Å². The van der Waals surface area contributed by atoms with Gasteiger partial charge in [-0.05, 0) is 38.5 Å². The molecule has 0 aliphatic heterocycles. The number of rotatable bonds is 13. The summed E-state index contributed by atoms with van der Waals surface area (Å²) in [5.74, 6) is -1.07. The van der Waals surface area contributed by atoms with Crippen molar-refractivity contribution in [2.24, 2.45) is 4.99 Å². The molecule has 2 N–H and O–H groups in total. The summed E-state index contributed by atoms with van der Waals surface area (Å²) in [6, 6.07) is 0. The number of unbranched alkanes of at least 4 members (excludes halogenated alkanes) is 3. The van der Waals surface area contributed by atoms with E-state index in [-0.39, 0.29) is 44.4 Å². The minimum atomic E-state index is -0.904. The molecular weight excluding hydrogens is 279 g/mol. The minimum Gasteiger partial charge on any atom is -0.862 e. The molecule has 0 saturated carbocycles.